The van der Waals surface area contributed by atoms with Gasteiger partial charge in [-0.05, 0) is 82.1 Å². The molecule has 0 heterocycles. The Balaban J connectivity index is 1.40. The van der Waals surface area contributed by atoms with Gasteiger partial charge in [0.2, 0.25) is 0 Å². The molecule has 2 N–H and O–H groups in total. The van der Waals surface area contributed by atoms with E-state index in [4.69, 9.17) is 21.1 Å². The van der Waals surface area contributed by atoms with Crippen LogP contribution in [0.4, 0.5) is 10.1 Å². The number of benzene rings is 2. The van der Waals surface area contributed by atoms with Crippen LogP contribution >= 0.6 is 11.6 Å². The standard InChI is InChI=1S/C28H36ClFN2O2/c1-19(31-17-20-11-13-22(33-2)14-12-20)24-10-6-3-7-21(24)18-32-27-16-28(25(29)15-26(27)30)34-23-8-4-5-9-23/h11-16,19,23,31-32H,3-10,17-18H2,1-2H3. The maximum absolute atomic E-state index is 14.7. The molecule has 6 heteroatoms. The van der Waals surface area contributed by atoms with Crippen molar-refractivity contribution >= 4 is 17.3 Å². The van der Waals surface area contributed by atoms with Gasteiger partial charge in [0.05, 0.1) is 23.9 Å². The van der Waals surface area contributed by atoms with E-state index in [1.165, 1.54) is 48.5 Å². The number of nitrogens with one attached hydrogen (secondary N) is 2. The van der Waals surface area contributed by atoms with Crippen LogP contribution in [-0.4, -0.2) is 25.8 Å². The molecule has 0 amide bonds. The summed E-state index contributed by atoms with van der Waals surface area (Å²) in [6.07, 6.45) is 9.09. The average Bonchev–Trinajstić information content (AvgIpc) is 3.37. The van der Waals surface area contributed by atoms with Crippen molar-refractivity contribution in [3.8, 4) is 11.5 Å². The van der Waals surface area contributed by atoms with Crippen LogP contribution in [0.1, 0.15) is 63.9 Å². The third-order valence-corrected chi connectivity index (χ3v) is 7.33. The molecule has 2 aliphatic rings. The second kappa shape index (κ2) is 11.9. The molecule has 1 unspecified atom stereocenters. The van der Waals surface area contributed by atoms with Crippen LogP contribution in [0.3, 0.4) is 0 Å². The molecule has 4 nitrogen and oxygen atoms in total. The summed E-state index contributed by atoms with van der Waals surface area (Å²) in [5.74, 6) is 1.10. The Hall–Kier alpha value is -2.24. The first-order valence-corrected chi connectivity index (χ1v) is 12.9. The molecule has 4 rings (SSSR count). The zero-order chi connectivity index (χ0) is 23.9. The van der Waals surface area contributed by atoms with Crippen LogP contribution in [0.5, 0.6) is 11.5 Å². The second-order valence-corrected chi connectivity index (χ2v) is 9.83. The molecule has 2 aliphatic carbocycles. The van der Waals surface area contributed by atoms with E-state index in [2.05, 4.69) is 29.7 Å². The largest absolute Gasteiger partial charge is 0.497 e. The highest BCUT2D eigenvalue weighted by atomic mass is 35.5. The van der Waals surface area contributed by atoms with Crippen molar-refractivity contribution in [2.24, 2.45) is 0 Å². The minimum absolute atomic E-state index is 0.182. The van der Waals surface area contributed by atoms with Crippen molar-refractivity contribution in [1.29, 1.82) is 0 Å². The first-order valence-electron chi connectivity index (χ1n) is 12.5. The lowest BCUT2D eigenvalue weighted by molar-refractivity contribution is 0.210. The molecule has 184 valence electrons. The molecule has 1 fully saturated rings. The van der Waals surface area contributed by atoms with E-state index in [0.717, 1.165) is 38.0 Å². The van der Waals surface area contributed by atoms with Crippen molar-refractivity contribution in [3.05, 3.63) is 63.9 Å². The van der Waals surface area contributed by atoms with Gasteiger partial charge in [-0.3, -0.25) is 0 Å². The Bertz CT molecular complexity index is 987. The van der Waals surface area contributed by atoms with E-state index >= 15 is 0 Å². The monoisotopic (exact) mass is 486 g/mol. The number of rotatable bonds is 10. The van der Waals surface area contributed by atoms with E-state index in [1.807, 2.05) is 12.1 Å². The fraction of sp³-hybridized carbons (Fsp3) is 0.500. The van der Waals surface area contributed by atoms with E-state index in [0.29, 0.717) is 23.0 Å². The second-order valence-electron chi connectivity index (χ2n) is 9.43. The summed E-state index contributed by atoms with van der Waals surface area (Å²) < 4.78 is 26.0. The van der Waals surface area contributed by atoms with Gasteiger partial charge >= 0.3 is 0 Å². The quantitative estimate of drug-likeness (QED) is 0.346. The number of ether oxygens (including phenoxy) is 2. The topological polar surface area (TPSA) is 42.5 Å². The molecule has 0 radical (unpaired) electrons. The highest BCUT2D eigenvalue weighted by Gasteiger charge is 2.21. The summed E-state index contributed by atoms with van der Waals surface area (Å²) in [6.45, 7) is 3.65. The van der Waals surface area contributed by atoms with Crippen molar-refractivity contribution < 1.29 is 13.9 Å². The summed E-state index contributed by atoms with van der Waals surface area (Å²) in [5, 5.41) is 7.33. The van der Waals surface area contributed by atoms with Gasteiger partial charge in [-0.25, -0.2) is 4.39 Å². The van der Waals surface area contributed by atoms with Crippen molar-refractivity contribution in [1.82, 2.24) is 5.32 Å². The number of halogens is 2. The number of hydrogen-bond donors (Lipinski definition) is 2. The van der Waals surface area contributed by atoms with Gasteiger partial charge in [-0.1, -0.05) is 34.9 Å². The molecule has 0 aliphatic heterocycles. The SMILES string of the molecule is COc1ccc(CNC(C)C2=C(CNc3cc(OC4CCCC4)c(Cl)cc3F)CCCC2)cc1. The van der Waals surface area contributed by atoms with Crippen molar-refractivity contribution in [3.63, 3.8) is 0 Å². The molecule has 0 bridgehead atoms. The minimum Gasteiger partial charge on any atom is -0.497 e. The van der Waals surface area contributed by atoms with Crippen LogP contribution in [0.25, 0.3) is 0 Å². The summed E-state index contributed by atoms with van der Waals surface area (Å²) in [6, 6.07) is 11.5. The Morgan fingerprint density at radius 2 is 1.76 bits per heavy atom. The molecule has 1 saturated carbocycles. The van der Waals surface area contributed by atoms with Gasteiger partial charge in [0.15, 0.2) is 0 Å². The summed E-state index contributed by atoms with van der Waals surface area (Å²) in [4.78, 5) is 0. The zero-order valence-electron chi connectivity index (χ0n) is 20.3. The molecule has 2 aromatic rings. The predicted octanol–water partition coefficient (Wildman–Crippen LogP) is 7.27. The maximum atomic E-state index is 14.7. The number of hydrogen-bond acceptors (Lipinski definition) is 4. The van der Waals surface area contributed by atoms with Crippen LogP contribution in [0.2, 0.25) is 5.02 Å². The summed E-state index contributed by atoms with van der Waals surface area (Å²) in [5.41, 5.74) is 4.48. The van der Waals surface area contributed by atoms with Gasteiger partial charge in [0.1, 0.15) is 17.3 Å². The number of methoxy groups -OCH3 is 1. The highest BCUT2D eigenvalue weighted by molar-refractivity contribution is 6.32. The van der Waals surface area contributed by atoms with Gasteiger partial charge in [-0.15, -0.1) is 0 Å². The molecule has 0 spiro atoms. The minimum atomic E-state index is -0.340. The van der Waals surface area contributed by atoms with Crippen molar-refractivity contribution in [2.75, 3.05) is 19.0 Å². The van der Waals surface area contributed by atoms with Gasteiger partial charge in [0, 0.05) is 25.2 Å². The summed E-state index contributed by atoms with van der Waals surface area (Å²) >= 11 is 6.28. The van der Waals surface area contributed by atoms with Crippen molar-refractivity contribution in [2.45, 2.75) is 77.0 Å². The van der Waals surface area contributed by atoms with E-state index < -0.39 is 0 Å². The Kier molecular flexibility index (Phi) is 8.74. The normalized spacial score (nSPS) is 17.6. The molecule has 34 heavy (non-hydrogen) atoms. The first kappa shape index (κ1) is 24.9. The molecule has 0 saturated heterocycles. The summed E-state index contributed by atoms with van der Waals surface area (Å²) in [7, 11) is 1.68. The Morgan fingerprint density at radius 1 is 1.03 bits per heavy atom. The van der Waals surface area contributed by atoms with Crippen LogP contribution in [-0.2, 0) is 6.54 Å². The van der Waals surface area contributed by atoms with Crippen LogP contribution < -0.4 is 20.1 Å². The lowest BCUT2D eigenvalue weighted by Gasteiger charge is -2.27. The zero-order valence-corrected chi connectivity index (χ0v) is 21.0. The lowest BCUT2D eigenvalue weighted by atomic mass is 9.87. The molecule has 2 aromatic carbocycles. The van der Waals surface area contributed by atoms with Gasteiger partial charge < -0.3 is 20.1 Å². The van der Waals surface area contributed by atoms with E-state index in [9.17, 15) is 4.39 Å². The Morgan fingerprint density at radius 3 is 2.50 bits per heavy atom. The molecule has 0 aromatic heterocycles. The first-order chi connectivity index (χ1) is 16.5. The average molecular weight is 487 g/mol. The van der Waals surface area contributed by atoms with Crippen LogP contribution in [0.15, 0.2) is 47.5 Å². The smallest absolute Gasteiger partial charge is 0.148 e. The molecule has 1 atom stereocenters. The van der Waals surface area contributed by atoms with Crippen LogP contribution in [0, 0.1) is 5.82 Å². The fourth-order valence-electron chi connectivity index (χ4n) is 5.00. The number of anilines is 1. The maximum Gasteiger partial charge on any atom is 0.148 e. The van der Waals surface area contributed by atoms with E-state index in [-0.39, 0.29) is 18.0 Å². The third-order valence-electron chi connectivity index (χ3n) is 7.03. The molecular weight excluding hydrogens is 451 g/mol. The lowest BCUT2D eigenvalue weighted by Crippen LogP contribution is -2.30. The Labute approximate surface area is 207 Å². The molecular formula is C28H36ClFN2O2. The fourth-order valence-corrected chi connectivity index (χ4v) is 5.19. The third kappa shape index (κ3) is 6.45. The predicted molar refractivity (Wildman–Crippen MR) is 138 cm³/mol. The van der Waals surface area contributed by atoms with Gasteiger partial charge in [-0.2, -0.15) is 0 Å². The highest BCUT2D eigenvalue weighted by Crippen LogP contribution is 2.34. The van der Waals surface area contributed by atoms with E-state index in [1.54, 1.807) is 13.2 Å². The van der Waals surface area contributed by atoms with Gasteiger partial charge in [0.25, 0.3) is 0 Å².